The average Bonchev–Trinajstić information content (AvgIpc) is 2.77. The molecule has 0 saturated heterocycles. The molecule has 0 aliphatic carbocycles. The van der Waals surface area contributed by atoms with Crippen molar-refractivity contribution in [2.45, 2.75) is 104 Å². The molecule has 2 N–H and O–H groups in total. The Bertz CT molecular complexity index is 920. The molecule has 1 aromatic rings. The summed E-state index contributed by atoms with van der Waals surface area (Å²) < 4.78 is 5.45. The molecular formula is C29H47N3O4S. The number of amides is 3. The van der Waals surface area contributed by atoms with Gasteiger partial charge in [0.05, 0.1) is 0 Å². The van der Waals surface area contributed by atoms with Crippen molar-refractivity contribution >= 4 is 35.7 Å². The average molecular weight is 534 g/mol. The van der Waals surface area contributed by atoms with Crippen molar-refractivity contribution < 1.29 is 19.1 Å². The minimum atomic E-state index is -0.899. The van der Waals surface area contributed by atoms with E-state index >= 15 is 0 Å². The number of carbonyl (C=O) groups is 3. The van der Waals surface area contributed by atoms with Crippen LogP contribution in [0.4, 0.5) is 4.79 Å². The third kappa shape index (κ3) is 10.8. The number of ether oxygens (including phenoxy) is 1. The Hall–Kier alpha value is -2.48. The van der Waals surface area contributed by atoms with Gasteiger partial charge in [0.25, 0.3) is 0 Å². The zero-order valence-corrected chi connectivity index (χ0v) is 25.0. The largest absolute Gasteiger partial charge is 0.444 e. The predicted octanol–water partition coefficient (Wildman–Crippen LogP) is 5.95. The molecule has 1 rings (SSSR count). The smallest absolute Gasteiger partial charge is 0.408 e. The van der Waals surface area contributed by atoms with Crippen molar-refractivity contribution in [2.75, 3.05) is 12.0 Å². The number of nitrogens with zero attached hydrogens (tertiary/aromatic N) is 1. The summed E-state index contributed by atoms with van der Waals surface area (Å²) in [6.07, 6.45) is 5.16. The van der Waals surface area contributed by atoms with Gasteiger partial charge in [-0.25, -0.2) is 4.79 Å². The van der Waals surface area contributed by atoms with Gasteiger partial charge in [-0.3, -0.25) is 9.59 Å². The van der Waals surface area contributed by atoms with Crippen LogP contribution >= 0.6 is 11.8 Å². The summed E-state index contributed by atoms with van der Waals surface area (Å²) in [4.78, 5) is 42.3. The summed E-state index contributed by atoms with van der Waals surface area (Å²) in [5.41, 5.74) is 0.0979. The molecule has 0 aliphatic rings. The number of nitrogens with one attached hydrogen (secondary N) is 2. The minimum absolute atomic E-state index is 0.0494. The van der Waals surface area contributed by atoms with Crippen molar-refractivity contribution in [3.8, 4) is 0 Å². The highest BCUT2D eigenvalue weighted by molar-refractivity contribution is 7.98. The quantitative estimate of drug-likeness (QED) is 0.347. The van der Waals surface area contributed by atoms with E-state index in [0.29, 0.717) is 17.7 Å². The summed E-state index contributed by atoms with van der Waals surface area (Å²) in [6, 6.07) is 5.69. The third-order valence-corrected chi connectivity index (χ3v) is 6.28. The topological polar surface area (TPSA) is 87.7 Å². The predicted molar refractivity (Wildman–Crippen MR) is 155 cm³/mol. The summed E-state index contributed by atoms with van der Waals surface area (Å²) in [6.45, 7) is 18.9. The van der Waals surface area contributed by atoms with Crippen LogP contribution in [0.5, 0.6) is 0 Å². The maximum absolute atomic E-state index is 14.2. The van der Waals surface area contributed by atoms with E-state index in [4.69, 9.17) is 4.74 Å². The first-order valence-corrected chi connectivity index (χ1v) is 14.4. The molecule has 0 heterocycles. The van der Waals surface area contributed by atoms with Crippen molar-refractivity contribution in [1.29, 1.82) is 0 Å². The van der Waals surface area contributed by atoms with Crippen molar-refractivity contribution in [3.05, 3.63) is 42.0 Å². The lowest BCUT2D eigenvalue weighted by atomic mass is 9.94. The van der Waals surface area contributed by atoms with Crippen molar-refractivity contribution in [1.82, 2.24) is 15.5 Å². The monoisotopic (exact) mass is 533 g/mol. The van der Waals surface area contributed by atoms with E-state index in [2.05, 4.69) is 24.1 Å². The number of hydrogen-bond donors (Lipinski definition) is 2. The second kappa shape index (κ2) is 14.5. The van der Waals surface area contributed by atoms with Gasteiger partial charge in [-0.15, -0.1) is 0 Å². The second-order valence-corrected chi connectivity index (χ2v) is 12.3. The SMILES string of the molecule is C=Cc1cccc(C(C(=O)NC(C)CCC)N(C(=O)C(CCSC)NC(=O)OC(C)(C)C)C(C)(C)C)c1. The highest BCUT2D eigenvalue weighted by atomic mass is 32.2. The molecule has 3 atom stereocenters. The van der Waals surface area contributed by atoms with Crippen LogP contribution in [0.3, 0.4) is 0 Å². The lowest BCUT2D eigenvalue weighted by Gasteiger charge is -2.43. The van der Waals surface area contributed by atoms with E-state index in [1.165, 1.54) is 0 Å². The van der Waals surface area contributed by atoms with Crippen LogP contribution in [0.2, 0.25) is 0 Å². The number of alkyl carbamates (subject to hydrolysis) is 1. The van der Waals surface area contributed by atoms with Crippen molar-refractivity contribution in [2.24, 2.45) is 0 Å². The first-order valence-electron chi connectivity index (χ1n) is 13.0. The number of hydrogen-bond acceptors (Lipinski definition) is 5. The summed E-state index contributed by atoms with van der Waals surface area (Å²) in [7, 11) is 0. The van der Waals surface area contributed by atoms with Gasteiger partial charge in [-0.05, 0) is 90.5 Å². The molecule has 1 aromatic carbocycles. The third-order valence-electron chi connectivity index (χ3n) is 5.64. The molecule has 7 nitrogen and oxygen atoms in total. The highest BCUT2D eigenvalue weighted by Crippen LogP contribution is 2.31. The van der Waals surface area contributed by atoms with Gasteiger partial charge < -0.3 is 20.3 Å². The minimum Gasteiger partial charge on any atom is -0.444 e. The molecule has 0 aliphatic heterocycles. The molecule has 0 fully saturated rings. The molecule has 37 heavy (non-hydrogen) atoms. The molecular weight excluding hydrogens is 486 g/mol. The van der Waals surface area contributed by atoms with E-state index in [0.717, 1.165) is 18.4 Å². The van der Waals surface area contributed by atoms with Crippen LogP contribution in [-0.2, 0) is 14.3 Å². The summed E-state index contributed by atoms with van der Waals surface area (Å²) in [5, 5.41) is 5.88. The Kier molecular flexibility index (Phi) is 12.7. The number of carbonyl (C=O) groups excluding carboxylic acids is 3. The Morgan fingerprint density at radius 1 is 1.11 bits per heavy atom. The molecule has 8 heteroatoms. The van der Waals surface area contributed by atoms with E-state index in [9.17, 15) is 14.4 Å². The van der Waals surface area contributed by atoms with Gasteiger partial charge in [0, 0.05) is 11.6 Å². The van der Waals surface area contributed by atoms with Gasteiger partial charge in [0.2, 0.25) is 11.8 Å². The molecule has 208 valence electrons. The Morgan fingerprint density at radius 3 is 2.27 bits per heavy atom. The lowest BCUT2D eigenvalue weighted by Crippen LogP contribution is -2.59. The molecule has 0 spiro atoms. The first kappa shape index (κ1) is 32.5. The normalized spacial score (nSPS) is 14.2. The van der Waals surface area contributed by atoms with E-state index in [1.54, 1.807) is 43.5 Å². The Labute approximate surface area is 228 Å². The highest BCUT2D eigenvalue weighted by Gasteiger charge is 2.42. The number of thioether (sulfide) groups is 1. The Balaban J connectivity index is 3.59. The van der Waals surface area contributed by atoms with E-state index < -0.39 is 29.3 Å². The van der Waals surface area contributed by atoms with Crippen LogP contribution in [0.15, 0.2) is 30.8 Å². The maximum atomic E-state index is 14.2. The van der Waals surface area contributed by atoms with Gasteiger partial charge in [0.15, 0.2) is 0 Å². The number of rotatable bonds is 12. The van der Waals surface area contributed by atoms with Gasteiger partial charge in [-0.1, -0.05) is 44.2 Å². The standard InChI is InChI=1S/C29H47N3O4S/c1-11-14-20(3)30-25(33)24(22-16-13-15-21(12-2)19-22)32(28(4,5)6)26(34)23(17-18-37-10)31-27(35)36-29(7,8)9/h12-13,15-16,19-20,23-24H,2,11,14,17-18H2,1,3-10H3,(H,30,33)(H,31,35). The molecule has 0 aromatic heterocycles. The molecule has 0 radical (unpaired) electrons. The summed E-state index contributed by atoms with van der Waals surface area (Å²) >= 11 is 1.58. The zero-order valence-electron chi connectivity index (χ0n) is 24.1. The second-order valence-electron chi connectivity index (χ2n) is 11.3. The van der Waals surface area contributed by atoms with Crippen LogP contribution in [0.1, 0.15) is 91.8 Å². The van der Waals surface area contributed by atoms with E-state index in [-0.39, 0.29) is 17.9 Å². The zero-order chi connectivity index (χ0) is 28.4. The van der Waals surface area contributed by atoms with Gasteiger partial charge in [-0.2, -0.15) is 11.8 Å². The number of benzene rings is 1. The van der Waals surface area contributed by atoms with Crippen LogP contribution in [0.25, 0.3) is 6.08 Å². The fraction of sp³-hybridized carbons (Fsp3) is 0.621. The van der Waals surface area contributed by atoms with Gasteiger partial charge >= 0.3 is 6.09 Å². The molecule has 0 saturated carbocycles. The van der Waals surface area contributed by atoms with Crippen LogP contribution in [-0.4, -0.2) is 58.0 Å². The van der Waals surface area contributed by atoms with Crippen LogP contribution in [0, 0.1) is 0 Å². The van der Waals surface area contributed by atoms with Crippen molar-refractivity contribution in [3.63, 3.8) is 0 Å². The first-order chi connectivity index (χ1) is 17.1. The van der Waals surface area contributed by atoms with E-state index in [1.807, 2.05) is 58.2 Å². The van der Waals surface area contributed by atoms with Crippen LogP contribution < -0.4 is 10.6 Å². The molecule has 3 unspecified atom stereocenters. The maximum Gasteiger partial charge on any atom is 0.408 e. The lowest BCUT2D eigenvalue weighted by molar-refractivity contribution is -0.148. The Morgan fingerprint density at radius 2 is 1.76 bits per heavy atom. The summed E-state index contributed by atoms with van der Waals surface area (Å²) in [5.74, 6) is 0.0617. The fourth-order valence-electron chi connectivity index (χ4n) is 4.06. The molecule has 3 amide bonds. The fourth-order valence-corrected chi connectivity index (χ4v) is 4.53. The van der Waals surface area contributed by atoms with Gasteiger partial charge in [0.1, 0.15) is 17.7 Å². The molecule has 0 bridgehead atoms.